The van der Waals surface area contributed by atoms with E-state index in [4.69, 9.17) is 0 Å². The lowest BCUT2D eigenvalue weighted by atomic mass is 9.87. The molecule has 0 radical (unpaired) electrons. The third-order valence-corrected chi connectivity index (χ3v) is 2.02. The van der Waals surface area contributed by atoms with Crippen LogP contribution in [0.1, 0.15) is 12.8 Å². The average Bonchev–Trinajstić information content (AvgIpc) is 1.91. The Bertz CT molecular complexity index is 180. The Morgan fingerprint density at radius 2 is 1.40 bits per heavy atom. The first-order valence-corrected chi connectivity index (χ1v) is 3.34. The average molecular weight is 140 g/mol. The first-order valence-electron chi connectivity index (χ1n) is 3.34. The van der Waals surface area contributed by atoms with Gasteiger partial charge in [0, 0.05) is 12.8 Å². The zero-order chi connectivity index (χ0) is 7.14. The summed E-state index contributed by atoms with van der Waals surface area (Å²) >= 11 is 0. The molecule has 2 N–H and O–H groups in total. The summed E-state index contributed by atoms with van der Waals surface area (Å²) in [7, 11) is 0. The van der Waals surface area contributed by atoms with Crippen LogP contribution in [0, 0.1) is 0 Å². The normalized spacial score (nSPS) is 38.8. The predicted molar refractivity (Wildman–Crippen MR) is 33.1 cm³/mol. The highest BCUT2D eigenvalue weighted by Gasteiger charge is 2.39. The maximum Gasteiger partial charge on any atom is 0.153 e. The van der Waals surface area contributed by atoms with Crippen molar-refractivity contribution in [1.29, 1.82) is 0 Å². The molecular formula is C6H8N2O2. The lowest BCUT2D eigenvalue weighted by Gasteiger charge is -2.34. The van der Waals surface area contributed by atoms with Crippen molar-refractivity contribution in [2.45, 2.75) is 24.9 Å². The van der Waals surface area contributed by atoms with E-state index in [1.807, 2.05) is 0 Å². The van der Waals surface area contributed by atoms with Gasteiger partial charge in [0.1, 0.15) is 0 Å². The summed E-state index contributed by atoms with van der Waals surface area (Å²) in [6.45, 7) is 0. The van der Waals surface area contributed by atoms with Gasteiger partial charge in [-0.2, -0.15) is 0 Å². The molecule has 2 atom stereocenters. The molecule has 2 saturated heterocycles. The standard InChI is InChI=1S/C6H8N2O2/c9-5-1-3-6(10)2-4(5)8-7-3/h3-4,7-8H,1-2H2. The smallest absolute Gasteiger partial charge is 0.153 e. The molecule has 2 heterocycles. The highest BCUT2D eigenvalue weighted by Crippen LogP contribution is 2.15. The van der Waals surface area contributed by atoms with Crippen LogP contribution in [-0.4, -0.2) is 23.7 Å². The number of rotatable bonds is 0. The van der Waals surface area contributed by atoms with Crippen molar-refractivity contribution in [3.8, 4) is 0 Å². The van der Waals surface area contributed by atoms with Crippen LogP contribution in [0.3, 0.4) is 0 Å². The summed E-state index contributed by atoms with van der Waals surface area (Å²) < 4.78 is 0. The molecule has 2 aliphatic heterocycles. The van der Waals surface area contributed by atoms with Gasteiger partial charge in [-0.1, -0.05) is 0 Å². The zero-order valence-corrected chi connectivity index (χ0v) is 5.39. The maximum atomic E-state index is 10.9. The Kier molecular flexibility index (Phi) is 1.12. The zero-order valence-electron chi connectivity index (χ0n) is 5.39. The number of hydrazine groups is 1. The molecule has 0 aromatic carbocycles. The summed E-state index contributed by atoms with van der Waals surface area (Å²) in [5, 5.41) is 0. The first kappa shape index (κ1) is 6.00. The monoisotopic (exact) mass is 140 g/mol. The first-order chi connectivity index (χ1) is 4.77. The van der Waals surface area contributed by atoms with Crippen molar-refractivity contribution in [2.75, 3.05) is 0 Å². The molecular weight excluding hydrogens is 132 g/mol. The van der Waals surface area contributed by atoms with Gasteiger partial charge in [0.15, 0.2) is 11.6 Å². The molecule has 4 nitrogen and oxygen atoms in total. The van der Waals surface area contributed by atoms with E-state index in [1.165, 1.54) is 0 Å². The highest BCUT2D eigenvalue weighted by molar-refractivity contribution is 6.01. The van der Waals surface area contributed by atoms with Crippen LogP contribution in [-0.2, 0) is 9.59 Å². The molecule has 54 valence electrons. The van der Waals surface area contributed by atoms with Gasteiger partial charge in [-0.05, 0) is 0 Å². The second-order valence-corrected chi connectivity index (χ2v) is 2.73. The van der Waals surface area contributed by atoms with Gasteiger partial charge in [-0.25, -0.2) is 10.9 Å². The maximum absolute atomic E-state index is 10.9. The van der Waals surface area contributed by atoms with Crippen LogP contribution in [0.25, 0.3) is 0 Å². The molecule has 4 heteroatoms. The van der Waals surface area contributed by atoms with Gasteiger partial charge in [0.2, 0.25) is 0 Å². The third-order valence-electron chi connectivity index (χ3n) is 2.02. The Hall–Kier alpha value is -0.740. The number of carbonyl (C=O) groups excluding carboxylic acids is 2. The minimum Gasteiger partial charge on any atom is -0.298 e. The fraction of sp³-hybridized carbons (Fsp3) is 0.667. The fourth-order valence-electron chi connectivity index (χ4n) is 1.38. The summed E-state index contributed by atoms with van der Waals surface area (Å²) in [5.41, 5.74) is 5.56. The van der Waals surface area contributed by atoms with Gasteiger partial charge in [0.25, 0.3) is 0 Å². The predicted octanol–water partition coefficient (Wildman–Crippen LogP) is -1.24. The van der Waals surface area contributed by atoms with Crippen LogP contribution in [0.4, 0.5) is 0 Å². The lowest BCUT2D eigenvalue weighted by molar-refractivity contribution is -0.137. The van der Waals surface area contributed by atoms with E-state index >= 15 is 0 Å². The number of carbonyl (C=O) groups is 2. The Balaban J connectivity index is 2.23. The summed E-state index contributed by atoms with van der Waals surface area (Å²) in [4.78, 5) is 21.9. The summed E-state index contributed by atoms with van der Waals surface area (Å²) in [6.07, 6.45) is 0.743. The second kappa shape index (κ2) is 1.87. The molecule has 3 aliphatic rings. The number of ketones is 2. The van der Waals surface area contributed by atoms with E-state index in [-0.39, 0.29) is 23.7 Å². The SMILES string of the molecule is O=C1CC2NNC1CC2=O. The molecule has 0 aromatic rings. The molecule has 1 saturated carbocycles. The molecule has 0 amide bonds. The van der Waals surface area contributed by atoms with Gasteiger partial charge in [-0.3, -0.25) is 9.59 Å². The van der Waals surface area contributed by atoms with Crippen molar-refractivity contribution in [1.82, 2.24) is 10.9 Å². The number of Topliss-reactive ketones (excluding diaryl/α,β-unsaturated/α-hetero) is 2. The fourth-order valence-corrected chi connectivity index (χ4v) is 1.38. The van der Waals surface area contributed by atoms with Crippen LogP contribution in [0.15, 0.2) is 0 Å². The van der Waals surface area contributed by atoms with E-state index in [0.29, 0.717) is 12.8 Å². The van der Waals surface area contributed by atoms with Crippen molar-refractivity contribution in [3.05, 3.63) is 0 Å². The van der Waals surface area contributed by atoms with Crippen LogP contribution >= 0.6 is 0 Å². The number of hydrogen-bond acceptors (Lipinski definition) is 4. The van der Waals surface area contributed by atoms with Crippen molar-refractivity contribution >= 4 is 11.6 Å². The Labute approximate surface area is 57.9 Å². The number of fused-ring (bicyclic) bond motifs is 3. The number of nitrogens with one attached hydrogen (secondary N) is 2. The van der Waals surface area contributed by atoms with Crippen molar-refractivity contribution in [2.24, 2.45) is 0 Å². The molecule has 3 rings (SSSR count). The largest absolute Gasteiger partial charge is 0.298 e. The minimum atomic E-state index is -0.252. The van der Waals surface area contributed by atoms with Crippen LogP contribution in [0.5, 0.6) is 0 Å². The lowest BCUT2D eigenvalue weighted by Crippen LogP contribution is -2.65. The van der Waals surface area contributed by atoms with E-state index in [1.54, 1.807) is 0 Å². The molecule has 1 aliphatic carbocycles. The topological polar surface area (TPSA) is 58.2 Å². The molecule has 0 spiro atoms. The molecule has 2 unspecified atom stereocenters. The van der Waals surface area contributed by atoms with E-state index in [9.17, 15) is 9.59 Å². The minimum absolute atomic E-state index is 0.156. The van der Waals surface area contributed by atoms with Gasteiger partial charge in [-0.15, -0.1) is 0 Å². The summed E-state index contributed by atoms with van der Waals surface area (Å²) in [5.74, 6) is 0.312. The Morgan fingerprint density at radius 3 is 1.60 bits per heavy atom. The Morgan fingerprint density at radius 1 is 1.00 bits per heavy atom. The van der Waals surface area contributed by atoms with E-state index < -0.39 is 0 Å². The molecule has 2 bridgehead atoms. The van der Waals surface area contributed by atoms with Crippen molar-refractivity contribution in [3.63, 3.8) is 0 Å². The van der Waals surface area contributed by atoms with Gasteiger partial charge in [0.05, 0.1) is 12.1 Å². The van der Waals surface area contributed by atoms with Gasteiger partial charge >= 0.3 is 0 Å². The molecule has 3 fully saturated rings. The van der Waals surface area contributed by atoms with E-state index in [0.717, 1.165) is 0 Å². The van der Waals surface area contributed by atoms with E-state index in [2.05, 4.69) is 10.9 Å². The van der Waals surface area contributed by atoms with Crippen LogP contribution < -0.4 is 10.9 Å². The second-order valence-electron chi connectivity index (χ2n) is 2.73. The van der Waals surface area contributed by atoms with Gasteiger partial charge < -0.3 is 0 Å². The molecule has 0 aromatic heterocycles. The highest BCUT2D eigenvalue weighted by atomic mass is 16.1. The number of hydrogen-bond donors (Lipinski definition) is 2. The molecule has 10 heavy (non-hydrogen) atoms. The third kappa shape index (κ3) is 0.693. The van der Waals surface area contributed by atoms with Crippen LogP contribution in [0.2, 0.25) is 0 Å². The quantitative estimate of drug-likeness (QED) is 0.442. The van der Waals surface area contributed by atoms with Crippen molar-refractivity contribution < 1.29 is 9.59 Å². The summed E-state index contributed by atoms with van der Waals surface area (Å²) in [6, 6.07) is -0.505.